The highest BCUT2D eigenvalue weighted by molar-refractivity contribution is 14.1. The fourth-order valence-electron chi connectivity index (χ4n) is 3.29. The van der Waals surface area contributed by atoms with Gasteiger partial charge in [-0.2, -0.15) is 0 Å². The number of hydrogen-bond acceptors (Lipinski definition) is 3. The first-order chi connectivity index (χ1) is 13.5. The Morgan fingerprint density at radius 2 is 1.82 bits per heavy atom. The summed E-state index contributed by atoms with van der Waals surface area (Å²) in [5.74, 6) is 0.0516. The maximum absolute atomic E-state index is 12.8. The predicted octanol–water partition coefficient (Wildman–Crippen LogP) is 4.65. The number of nitrogens with one attached hydrogen (secondary N) is 1. The number of halogens is 2. The van der Waals surface area contributed by atoms with Gasteiger partial charge in [-0.15, -0.1) is 0 Å². The Hall–Kier alpha value is -1.80. The fraction of sp³-hybridized carbons (Fsp3) is 0.333. The SMILES string of the molecule is CCCC(=O)N1CCN(c2ccc(Cl)cc2NC(=O)c2ccccc2I)CC1. The van der Waals surface area contributed by atoms with Crippen LogP contribution in [0.3, 0.4) is 0 Å². The molecule has 1 heterocycles. The van der Waals surface area contributed by atoms with Gasteiger partial charge in [0.25, 0.3) is 5.91 Å². The van der Waals surface area contributed by atoms with Crippen molar-refractivity contribution in [1.82, 2.24) is 4.90 Å². The largest absolute Gasteiger partial charge is 0.366 e. The van der Waals surface area contributed by atoms with Crippen molar-refractivity contribution in [2.75, 3.05) is 36.4 Å². The minimum absolute atomic E-state index is 0.162. The average Bonchev–Trinajstić information content (AvgIpc) is 2.69. The van der Waals surface area contributed by atoms with Gasteiger partial charge in [0.1, 0.15) is 0 Å². The summed E-state index contributed by atoms with van der Waals surface area (Å²) in [4.78, 5) is 29.0. The van der Waals surface area contributed by atoms with Crippen molar-refractivity contribution >= 4 is 57.4 Å². The van der Waals surface area contributed by atoms with E-state index in [4.69, 9.17) is 11.6 Å². The van der Waals surface area contributed by atoms with Crippen LogP contribution in [0.2, 0.25) is 5.02 Å². The smallest absolute Gasteiger partial charge is 0.256 e. The molecule has 0 radical (unpaired) electrons. The first-order valence-electron chi connectivity index (χ1n) is 9.37. The molecule has 0 atom stereocenters. The average molecular weight is 512 g/mol. The Bertz CT molecular complexity index is 866. The van der Waals surface area contributed by atoms with Gasteiger partial charge in [0, 0.05) is 41.2 Å². The monoisotopic (exact) mass is 511 g/mol. The highest BCUT2D eigenvalue weighted by atomic mass is 127. The summed E-state index contributed by atoms with van der Waals surface area (Å²) in [6, 6.07) is 13.0. The molecule has 0 unspecified atom stereocenters. The lowest BCUT2D eigenvalue weighted by molar-refractivity contribution is -0.131. The number of nitrogens with zero attached hydrogens (tertiary/aromatic N) is 2. The lowest BCUT2D eigenvalue weighted by Gasteiger charge is -2.37. The number of carbonyl (C=O) groups is 2. The number of hydrogen-bond donors (Lipinski definition) is 1. The summed E-state index contributed by atoms with van der Waals surface area (Å²) in [6.45, 7) is 4.84. The molecule has 1 saturated heterocycles. The van der Waals surface area contributed by atoms with Gasteiger partial charge in [-0.25, -0.2) is 0 Å². The molecular weight excluding hydrogens is 489 g/mol. The van der Waals surface area contributed by atoms with E-state index in [9.17, 15) is 9.59 Å². The molecule has 1 aliphatic rings. The third kappa shape index (κ3) is 4.97. The van der Waals surface area contributed by atoms with Crippen molar-refractivity contribution in [2.24, 2.45) is 0 Å². The van der Waals surface area contributed by atoms with Crippen LogP contribution in [0.1, 0.15) is 30.1 Å². The van der Waals surface area contributed by atoms with E-state index < -0.39 is 0 Å². The van der Waals surface area contributed by atoms with Crippen LogP contribution in [0.4, 0.5) is 11.4 Å². The molecule has 1 N–H and O–H groups in total. The number of carbonyl (C=O) groups excluding carboxylic acids is 2. The molecule has 0 aliphatic carbocycles. The topological polar surface area (TPSA) is 52.7 Å². The number of benzene rings is 2. The minimum Gasteiger partial charge on any atom is -0.366 e. The van der Waals surface area contributed by atoms with Gasteiger partial charge in [-0.05, 0) is 59.3 Å². The van der Waals surface area contributed by atoms with Crippen LogP contribution < -0.4 is 10.2 Å². The zero-order valence-corrected chi connectivity index (χ0v) is 18.7. The quantitative estimate of drug-likeness (QED) is 0.595. The molecule has 7 heteroatoms. The van der Waals surface area contributed by atoms with Crippen molar-refractivity contribution in [3.63, 3.8) is 0 Å². The molecule has 2 amide bonds. The molecular formula is C21H23ClIN3O2. The van der Waals surface area contributed by atoms with Crippen LogP contribution in [0.5, 0.6) is 0 Å². The van der Waals surface area contributed by atoms with E-state index in [-0.39, 0.29) is 11.8 Å². The van der Waals surface area contributed by atoms with Crippen molar-refractivity contribution < 1.29 is 9.59 Å². The zero-order chi connectivity index (χ0) is 20.1. The summed E-state index contributed by atoms with van der Waals surface area (Å²) < 4.78 is 0.893. The minimum atomic E-state index is -0.162. The van der Waals surface area contributed by atoms with Gasteiger partial charge < -0.3 is 15.1 Å². The van der Waals surface area contributed by atoms with Crippen molar-refractivity contribution in [1.29, 1.82) is 0 Å². The van der Waals surface area contributed by atoms with E-state index in [1.165, 1.54) is 0 Å². The third-order valence-electron chi connectivity index (χ3n) is 4.76. The zero-order valence-electron chi connectivity index (χ0n) is 15.8. The van der Waals surface area contributed by atoms with Gasteiger partial charge in [0.05, 0.1) is 16.9 Å². The van der Waals surface area contributed by atoms with Crippen LogP contribution in [0, 0.1) is 3.57 Å². The molecule has 3 rings (SSSR count). The van der Waals surface area contributed by atoms with E-state index >= 15 is 0 Å². The van der Waals surface area contributed by atoms with Crippen LogP contribution >= 0.6 is 34.2 Å². The summed E-state index contributed by atoms with van der Waals surface area (Å²) in [5, 5.41) is 3.58. The summed E-state index contributed by atoms with van der Waals surface area (Å²) in [6.07, 6.45) is 1.46. The fourth-order valence-corrected chi connectivity index (χ4v) is 4.09. The molecule has 0 spiro atoms. The van der Waals surface area contributed by atoms with E-state index in [0.717, 1.165) is 28.8 Å². The molecule has 148 valence electrons. The first-order valence-corrected chi connectivity index (χ1v) is 10.8. The Labute approximate surface area is 184 Å². The van der Waals surface area contributed by atoms with Crippen LogP contribution in [0.25, 0.3) is 0 Å². The molecule has 1 aliphatic heterocycles. The molecule has 2 aromatic rings. The second-order valence-corrected chi connectivity index (χ2v) is 8.31. The molecule has 1 fully saturated rings. The molecule has 0 saturated carbocycles. The van der Waals surface area contributed by atoms with E-state index in [2.05, 4.69) is 32.8 Å². The highest BCUT2D eigenvalue weighted by Crippen LogP contribution is 2.31. The maximum atomic E-state index is 12.8. The number of rotatable bonds is 5. The molecule has 5 nitrogen and oxygen atoms in total. The number of piperazine rings is 1. The Morgan fingerprint density at radius 1 is 1.11 bits per heavy atom. The summed E-state index contributed by atoms with van der Waals surface area (Å²) >= 11 is 8.35. The van der Waals surface area contributed by atoms with Crippen molar-refractivity contribution in [3.8, 4) is 0 Å². The Kier molecular flexibility index (Phi) is 7.18. The van der Waals surface area contributed by atoms with Crippen LogP contribution in [0.15, 0.2) is 42.5 Å². The Morgan fingerprint density at radius 3 is 2.50 bits per heavy atom. The number of amides is 2. The standard InChI is InChI=1S/C21H23ClIN3O2/c1-2-5-20(27)26-12-10-25(11-13-26)19-9-8-15(22)14-18(19)24-21(28)16-6-3-4-7-17(16)23/h3-4,6-9,14H,2,5,10-13H2,1H3,(H,24,28). The number of anilines is 2. The van der Waals surface area contributed by atoms with E-state index in [1.54, 1.807) is 12.1 Å². The molecule has 28 heavy (non-hydrogen) atoms. The lowest BCUT2D eigenvalue weighted by atomic mass is 10.1. The molecule has 0 aromatic heterocycles. The first kappa shape index (κ1) is 20.9. The summed E-state index contributed by atoms with van der Waals surface area (Å²) in [7, 11) is 0. The van der Waals surface area contributed by atoms with Gasteiger partial charge in [0.15, 0.2) is 0 Å². The van der Waals surface area contributed by atoms with Crippen LogP contribution in [-0.4, -0.2) is 42.9 Å². The second-order valence-electron chi connectivity index (χ2n) is 6.71. The van der Waals surface area contributed by atoms with Crippen LogP contribution in [-0.2, 0) is 4.79 Å². The third-order valence-corrected chi connectivity index (χ3v) is 5.94. The van der Waals surface area contributed by atoms with E-state index in [1.807, 2.05) is 42.2 Å². The summed E-state index contributed by atoms with van der Waals surface area (Å²) in [5.41, 5.74) is 2.24. The van der Waals surface area contributed by atoms with E-state index in [0.29, 0.717) is 35.8 Å². The van der Waals surface area contributed by atoms with Gasteiger partial charge in [-0.3, -0.25) is 9.59 Å². The highest BCUT2D eigenvalue weighted by Gasteiger charge is 2.23. The van der Waals surface area contributed by atoms with Gasteiger partial charge in [-0.1, -0.05) is 30.7 Å². The molecule has 0 bridgehead atoms. The maximum Gasteiger partial charge on any atom is 0.256 e. The van der Waals surface area contributed by atoms with Crippen molar-refractivity contribution in [3.05, 3.63) is 56.6 Å². The predicted molar refractivity (Wildman–Crippen MR) is 122 cm³/mol. The molecule has 2 aromatic carbocycles. The normalized spacial score (nSPS) is 14.1. The van der Waals surface area contributed by atoms with Gasteiger partial charge >= 0.3 is 0 Å². The lowest BCUT2D eigenvalue weighted by Crippen LogP contribution is -2.48. The second kappa shape index (κ2) is 9.60. The van der Waals surface area contributed by atoms with Crippen molar-refractivity contribution in [2.45, 2.75) is 19.8 Å². The van der Waals surface area contributed by atoms with Gasteiger partial charge in [0.2, 0.25) is 5.91 Å². The Balaban J connectivity index is 1.76.